The molecule has 3 N–H and O–H groups in total. The lowest BCUT2D eigenvalue weighted by Gasteiger charge is -2.33. The van der Waals surface area contributed by atoms with E-state index in [-0.39, 0.29) is 5.91 Å². The summed E-state index contributed by atoms with van der Waals surface area (Å²) in [4.78, 5) is 28.4. The van der Waals surface area contributed by atoms with Crippen molar-refractivity contribution in [3.63, 3.8) is 0 Å². The fraction of sp³-hybridized carbons (Fsp3) is 0.417. The lowest BCUT2D eigenvalue weighted by atomic mass is 10.0. The minimum atomic E-state index is -0.651. The van der Waals surface area contributed by atoms with E-state index in [4.69, 9.17) is 4.74 Å². The number of nitrogens with zero attached hydrogens (tertiary/aromatic N) is 4. The Morgan fingerprint density at radius 3 is 2.91 bits per heavy atom. The molecule has 1 amide bonds. The molecule has 2 aliphatic rings. The third-order valence-corrected chi connectivity index (χ3v) is 7.33. The van der Waals surface area contributed by atoms with Crippen LogP contribution in [0.1, 0.15) is 30.2 Å². The van der Waals surface area contributed by atoms with Gasteiger partial charge in [-0.3, -0.25) is 9.78 Å². The number of thioether (sulfide) groups is 1. The van der Waals surface area contributed by atoms with Crippen molar-refractivity contribution >= 4 is 34.5 Å². The Kier molecular flexibility index (Phi) is 6.91. The Morgan fingerprint density at radius 2 is 2.09 bits per heavy atom. The number of aliphatic hydroxyl groups excluding tert-OH is 1. The van der Waals surface area contributed by atoms with Crippen molar-refractivity contribution in [1.82, 2.24) is 25.2 Å². The summed E-state index contributed by atoms with van der Waals surface area (Å²) in [6, 6.07) is 9.91. The van der Waals surface area contributed by atoms with Crippen LogP contribution in [0.2, 0.25) is 0 Å². The number of anilines is 1. The van der Waals surface area contributed by atoms with Crippen LogP contribution in [-0.2, 0) is 11.3 Å². The van der Waals surface area contributed by atoms with Gasteiger partial charge in [-0.25, -0.2) is 9.97 Å². The largest absolute Gasteiger partial charge is 0.481 e. The van der Waals surface area contributed by atoms with Gasteiger partial charge >= 0.3 is 0 Å². The summed E-state index contributed by atoms with van der Waals surface area (Å²) in [5.41, 5.74) is 3.12. The molecule has 1 atom stereocenters. The van der Waals surface area contributed by atoms with Crippen LogP contribution < -0.4 is 15.4 Å². The molecule has 178 valence electrons. The SMILES string of the molecule is COc1ccc2nccc([C@H](O)CN3CCC(NCc4ccc5c(n4)NC(=O)CS5)CC3)c2n1. The van der Waals surface area contributed by atoms with Crippen LogP contribution >= 0.6 is 11.8 Å². The molecular weight excluding hydrogens is 452 g/mol. The van der Waals surface area contributed by atoms with Crippen molar-refractivity contribution in [2.45, 2.75) is 36.4 Å². The number of carbonyl (C=O) groups excluding carboxylic acids is 1. The lowest BCUT2D eigenvalue weighted by Crippen LogP contribution is -2.43. The maximum atomic E-state index is 11.6. The molecule has 1 fully saturated rings. The van der Waals surface area contributed by atoms with Crippen molar-refractivity contribution < 1.29 is 14.6 Å². The number of hydrogen-bond donors (Lipinski definition) is 3. The van der Waals surface area contributed by atoms with Gasteiger partial charge in [-0.2, -0.15) is 0 Å². The number of methoxy groups -OCH3 is 1. The van der Waals surface area contributed by atoms with E-state index in [1.54, 1.807) is 19.4 Å². The second-order valence-electron chi connectivity index (χ2n) is 8.58. The average molecular weight is 481 g/mol. The van der Waals surface area contributed by atoms with E-state index < -0.39 is 6.10 Å². The Balaban J connectivity index is 1.14. The smallest absolute Gasteiger partial charge is 0.235 e. The highest BCUT2D eigenvalue weighted by molar-refractivity contribution is 8.00. The number of nitrogens with one attached hydrogen (secondary N) is 2. The maximum absolute atomic E-state index is 11.6. The number of likely N-dealkylation sites (tertiary alicyclic amines) is 1. The summed E-state index contributed by atoms with van der Waals surface area (Å²) >= 11 is 1.52. The fourth-order valence-electron chi connectivity index (χ4n) is 4.42. The first-order chi connectivity index (χ1) is 16.6. The Labute approximate surface area is 202 Å². The van der Waals surface area contributed by atoms with Gasteiger partial charge < -0.3 is 25.4 Å². The van der Waals surface area contributed by atoms with Crippen LogP contribution in [0.4, 0.5) is 5.82 Å². The van der Waals surface area contributed by atoms with Gasteiger partial charge in [-0.1, -0.05) is 0 Å². The Morgan fingerprint density at radius 1 is 1.24 bits per heavy atom. The summed E-state index contributed by atoms with van der Waals surface area (Å²) in [5.74, 6) is 1.62. The van der Waals surface area contributed by atoms with Crippen molar-refractivity contribution in [2.24, 2.45) is 0 Å². The van der Waals surface area contributed by atoms with E-state index in [9.17, 15) is 9.90 Å². The first-order valence-electron chi connectivity index (χ1n) is 11.4. The van der Waals surface area contributed by atoms with E-state index in [0.29, 0.717) is 42.1 Å². The molecule has 10 heteroatoms. The van der Waals surface area contributed by atoms with Gasteiger partial charge in [0.2, 0.25) is 11.8 Å². The molecule has 1 saturated heterocycles. The van der Waals surface area contributed by atoms with E-state index >= 15 is 0 Å². The highest BCUT2D eigenvalue weighted by Crippen LogP contribution is 2.30. The summed E-state index contributed by atoms with van der Waals surface area (Å²) in [6.45, 7) is 3.02. The highest BCUT2D eigenvalue weighted by atomic mass is 32.2. The van der Waals surface area contributed by atoms with Gasteiger partial charge in [-0.15, -0.1) is 11.8 Å². The summed E-state index contributed by atoms with van der Waals surface area (Å²) in [7, 11) is 1.58. The zero-order valence-corrected chi connectivity index (χ0v) is 19.8. The number of aromatic nitrogens is 3. The maximum Gasteiger partial charge on any atom is 0.235 e. The number of piperidine rings is 1. The summed E-state index contributed by atoms with van der Waals surface area (Å²) in [6.07, 6.45) is 3.05. The summed E-state index contributed by atoms with van der Waals surface area (Å²) in [5, 5.41) is 17.4. The van der Waals surface area contributed by atoms with Crippen LogP contribution in [-0.4, -0.2) is 69.4 Å². The van der Waals surface area contributed by atoms with Gasteiger partial charge in [0, 0.05) is 37.0 Å². The van der Waals surface area contributed by atoms with Gasteiger partial charge in [0.15, 0.2) is 0 Å². The quantitative estimate of drug-likeness (QED) is 0.469. The topological polar surface area (TPSA) is 113 Å². The third-order valence-electron chi connectivity index (χ3n) is 6.28. The van der Waals surface area contributed by atoms with Gasteiger partial charge in [-0.05, 0) is 50.2 Å². The fourth-order valence-corrected chi connectivity index (χ4v) is 5.18. The molecule has 0 aliphatic carbocycles. The average Bonchev–Trinajstić information content (AvgIpc) is 2.87. The second-order valence-corrected chi connectivity index (χ2v) is 9.60. The molecular formula is C24H28N6O3S. The van der Waals surface area contributed by atoms with Crippen LogP contribution in [0.5, 0.6) is 5.88 Å². The number of carbonyl (C=O) groups is 1. The molecule has 5 rings (SSSR count). The molecule has 9 nitrogen and oxygen atoms in total. The normalized spacial score (nSPS) is 17.9. The van der Waals surface area contributed by atoms with Crippen LogP contribution in [0.25, 0.3) is 11.0 Å². The van der Waals surface area contributed by atoms with E-state index in [0.717, 1.165) is 47.6 Å². The van der Waals surface area contributed by atoms with Crippen LogP contribution in [0.3, 0.4) is 0 Å². The zero-order chi connectivity index (χ0) is 23.5. The monoisotopic (exact) mass is 480 g/mol. The molecule has 0 saturated carbocycles. The zero-order valence-electron chi connectivity index (χ0n) is 19.0. The number of pyridine rings is 3. The van der Waals surface area contributed by atoms with Crippen LogP contribution in [0, 0.1) is 0 Å². The van der Waals surface area contributed by atoms with E-state index in [1.165, 1.54) is 11.8 Å². The molecule has 2 aliphatic heterocycles. The predicted octanol–water partition coefficient (Wildman–Crippen LogP) is 2.37. The number of aliphatic hydroxyl groups is 1. The first kappa shape index (κ1) is 23.0. The molecule has 0 aromatic carbocycles. The number of fused-ring (bicyclic) bond motifs is 2. The number of β-amino-alcohol motifs (C(OH)–C–C–N with tert-alkyl or cyclic N) is 1. The molecule has 5 heterocycles. The molecule has 34 heavy (non-hydrogen) atoms. The number of ether oxygens (including phenoxy) is 1. The van der Waals surface area contributed by atoms with E-state index in [2.05, 4.69) is 30.5 Å². The first-order valence-corrected chi connectivity index (χ1v) is 12.4. The van der Waals surface area contributed by atoms with E-state index in [1.807, 2.05) is 24.3 Å². The second kappa shape index (κ2) is 10.2. The third kappa shape index (κ3) is 5.15. The molecule has 0 radical (unpaired) electrons. The van der Waals surface area contributed by atoms with Gasteiger partial charge in [0.1, 0.15) is 5.82 Å². The Bertz CT molecular complexity index is 1180. The van der Waals surface area contributed by atoms with Gasteiger partial charge in [0.25, 0.3) is 0 Å². The number of rotatable bonds is 7. The summed E-state index contributed by atoms with van der Waals surface area (Å²) < 4.78 is 5.24. The molecule has 3 aromatic rings. The van der Waals surface area contributed by atoms with Crippen molar-refractivity contribution in [2.75, 3.05) is 37.8 Å². The highest BCUT2D eigenvalue weighted by Gasteiger charge is 2.23. The van der Waals surface area contributed by atoms with Crippen molar-refractivity contribution in [1.29, 1.82) is 0 Å². The molecule has 0 spiro atoms. The molecule has 3 aromatic heterocycles. The van der Waals surface area contributed by atoms with Crippen LogP contribution in [0.15, 0.2) is 41.4 Å². The standard InChI is InChI=1S/C24H28N6O3S/c1-33-22-5-3-18-23(29-22)17(6-9-25-18)19(31)13-30-10-7-15(8-11-30)26-12-16-2-4-20-24(27-16)28-21(32)14-34-20/h2-6,9,15,19,26,31H,7-8,10-14H2,1H3,(H,27,28,32)/t19-/m1/s1. The van der Waals surface area contributed by atoms with Crippen molar-refractivity contribution in [3.05, 3.63) is 47.8 Å². The Hall–Kier alpha value is -2.79. The number of hydrogen-bond acceptors (Lipinski definition) is 9. The molecule has 0 bridgehead atoms. The van der Waals surface area contributed by atoms with Gasteiger partial charge in [0.05, 0.1) is 40.6 Å². The lowest BCUT2D eigenvalue weighted by molar-refractivity contribution is -0.113. The molecule has 0 unspecified atom stereocenters. The van der Waals surface area contributed by atoms with Crippen molar-refractivity contribution in [3.8, 4) is 5.88 Å². The predicted molar refractivity (Wildman–Crippen MR) is 131 cm³/mol. The minimum absolute atomic E-state index is 0.000601. The minimum Gasteiger partial charge on any atom is -0.481 e. The number of amides is 1.